The number of carbonyl (C=O) groups excluding carboxylic acids is 1. The zero-order valence-corrected chi connectivity index (χ0v) is 14.3. The van der Waals surface area contributed by atoms with Crippen LogP contribution in [0, 0.1) is 0 Å². The third-order valence-corrected chi connectivity index (χ3v) is 3.81. The lowest BCUT2D eigenvalue weighted by Crippen LogP contribution is -2.25. The molecule has 3 rings (SSSR count). The van der Waals surface area contributed by atoms with Crippen LogP contribution in [0.15, 0.2) is 42.9 Å². The Bertz CT molecular complexity index is 858. The maximum Gasteiger partial charge on any atom is 0.221 e. The highest BCUT2D eigenvalue weighted by Crippen LogP contribution is 2.29. The summed E-state index contributed by atoms with van der Waals surface area (Å²) in [5.74, 6) is 1.66. The van der Waals surface area contributed by atoms with Gasteiger partial charge in [-0.15, -0.1) is 0 Å². The van der Waals surface area contributed by atoms with Gasteiger partial charge in [-0.25, -0.2) is 4.98 Å². The number of amides is 1. The summed E-state index contributed by atoms with van der Waals surface area (Å²) in [6.07, 6.45) is 5.67. The molecule has 0 saturated carbocycles. The minimum atomic E-state index is 0.0245. The summed E-state index contributed by atoms with van der Waals surface area (Å²) in [5, 5.41) is 6.13. The lowest BCUT2D eigenvalue weighted by Gasteiger charge is -2.09. The van der Waals surface area contributed by atoms with Gasteiger partial charge in [0.2, 0.25) is 5.91 Å². The molecule has 0 atom stereocenters. The molecule has 2 heterocycles. The van der Waals surface area contributed by atoms with Gasteiger partial charge in [0.05, 0.1) is 13.3 Å². The van der Waals surface area contributed by atoms with Crippen LogP contribution in [-0.2, 0) is 4.79 Å². The van der Waals surface area contributed by atoms with Crippen LogP contribution in [0.2, 0.25) is 0 Å². The normalized spacial score (nSPS) is 10.6. The molecule has 1 aromatic carbocycles. The van der Waals surface area contributed by atoms with Crippen molar-refractivity contribution in [2.24, 2.45) is 0 Å². The molecule has 0 saturated heterocycles. The molecular weight excluding hydrogens is 318 g/mol. The Morgan fingerprint density at radius 3 is 2.80 bits per heavy atom. The van der Waals surface area contributed by atoms with E-state index in [1.165, 1.54) is 0 Å². The average Bonchev–Trinajstić information content (AvgIpc) is 3.01. The highest BCUT2D eigenvalue weighted by atomic mass is 16.5. The Hall–Kier alpha value is -3.09. The monoisotopic (exact) mass is 339 g/mol. The van der Waals surface area contributed by atoms with Crippen molar-refractivity contribution in [3.63, 3.8) is 0 Å². The van der Waals surface area contributed by atoms with Gasteiger partial charge in [0.1, 0.15) is 17.3 Å². The molecule has 7 nitrogen and oxygen atoms in total. The predicted molar refractivity (Wildman–Crippen MR) is 96.8 cm³/mol. The first-order valence-corrected chi connectivity index (χ1v) is 8.20. The van der Waals surface area contributed by atoms with Crippen LogP contribution >= 0.6 is 0 Å². The van der Waals surface area contributed by atoms with E-state index in [-0.39, 0.29) is 5.91 Å². The molecule has 0 bridgehead atoms. The number of hydrogen-bond donors (Lipinski definition) is 2. The molecule has 0 aliphatic carbocycles. The summed E-state index contributed by atoms with van der Waals surface area (Å²) in [4.78, 5) is 20.5. The van der Waals surface area contributed by atoms with Crippen molar-refractivity contribution >= 4 is 17.4 Å². The van der Waals surface area contributed by atoms with E-state index >= 15 is 0 Å². The number of imidazole rings is 1. The van der Waals surface area contributed by atoms with Crippen molar-refractivity contribution in [1.82, 2.24) is 19.7 Å². The Balaban J connectivity index is 1.90. The third kappa shape index (κ3) is 3.71. The van der Waals surface area contributed by atoms with Gasteiger partial charge in [-0.05, 0) is 31.2 Å². The number of benzene rings is 1. The molecular formula is C18H21N5O2. The summed E-state index contributed by atoms with van der Waals surface area (Å²) >= 11 is 0. The number of nitrogens with one attached hydrogen (secondary N) is 2. The van der Waals surface area contributed by atoms with Gasteiger partial charge < -0.3 is 15.4 Å². The zero-order valence-electron chi connectivity index (χ0n) is 14.3. The van der Waals surface area contributed by atoms with Crippen molar-refractivity contribution in [2.45, 2.75) is 13.3 Å². The molecule has 0 unspecified atom stereocenters. The fourth-order valence-corrected chi connectivity index (χ4v) is 2.61. The molecule has 0 aliphatic rings. The molecule has 2 N–H and O–H groups in total. The largest absolute Gasteiger partial charge is 0.497 e. The van der Waals surface area contributed by atoms with Gasteiger partial charge in [-0.3, -0.25) is 14.2 Å². The summed E-state index contributed by atoms with van der Waals surface area (Å²) in [5.41, 5.74) is 2.52. The summed E-state index contributed by atoms with van der Waals surface area (Å²) < 4.78 is 7.15. The van der Waals surface area contributed by atoms with Crippen molar-refractivity contribution in [2.75, 3.05) is 25.5 Å². The highest BCUT2D eigenvalue weighted by molar-refractivity contribution is 5.78. The molecule has 0 radical (unpaired) electrons. The number of aromatic nitrogens is 3. The van der Waals surface area contributed by atoms with E-state index < -0.39 is 0 Å². The van der Waals surface area contributed by atoms with Crippen LogP contribution in [-0.4, -0.2) is 40.5 Å². The van der Waals surface area contributed by atoms with Gasteiger partial charge >= 0.3 is 0 Å². The number of nitrogens with zero attached hydrogens (tertiary/aromatic N) is 3. The summed E-state index contributed by atoms with van der Waals surface area (Å²) in [7, 11) is 1.64. The number of carbonyl (C=O) groups is 1. The van der Waals surface area contributed by atoms with Crippen LogP contribution in [0.3, 0.4) is 0 Å². The van der Waals surface area contributed by atoms with E-state index in [0.717, 1.165) is 28.5 Å². The van der Waals surface area contributed by atoms with E-state index in [0.29, 0.717) is 19.5 Å². The molecule has 7 heteroatoms. The number of fused-ring (bicyclic) bond motifs is 1. The van der Waals surface area contributed by atoms with Gasteiger partial charge in [0.25, 0.3) is 0 Å². The first-order valence-electron chi connectivity index (χ1n) is 8.20. The fourth-order valence-electron chi connectivity index (χ4n) is 2.61. The zero-order chi connectivity index (χ0) is 17.6. The van der Waals surface area contributed by atoms with Crippen LogP contribution in [0.5, 0.6) is 5.75 Å². The van der Waals surface area contributed by atoms with Gasteiger partial charge in [0, 0.05) is 37.5 Å². The van der Waals surface area contributed by atoms with Crippen LogP contribution in [0.4, 0.5) is 5.82 Å². The van der Waals surface area contributed by atoms with Crippen molar-refractivity contribution in [3.05, 3.63) is 42.9 Å². The maximum absolute atomic E-state index is 11.7. The first kappa shape index (κ1) is 16.8. The molecule has 0 spiro atoms. The average molecular weight is 339 g/mol. The maximum atomic E-state index is 11.7. The second-order valence-electron chi connectivity index (χ2n) is 5.47. The molecule has 2 aromatic heterocycles. The lowest BCUT2D eigenvalue weighted by molar-refractivity contribution is -0.120. The quantitative estimate of drug-likeness (QED) is 0.691. The number of ether oxygens (including phenoxy) is 1. The van der Waals surface area contributed by atoms with Gasteiger partial charge in [-0.2, -0.15) is 0 Å². The smallest absolute Gasteiger partial charge is 0.221 e. The number of methoxy groups -OCH3 is 1. The van der Waals surface area contributed by atoms with E-state index in [1.54, 1.807) is 19.5 Å². The molecule has 0 aliphatic heterocycles. The van der Waals surface area contributed by atoms with E-state index in [1.807, 2.05) is 41.8 Å². The summed E-state index contributed by atoms with van der Waals surface area (Å²) in [6, 6.07) is 7.72. The lowest BCUT2D eigenvalue weighted by atomic mass is 10.1. The van der Waals surface area contributed by atoms with Crippen LogP contribution in [0.25, 0.3) is 16.9 Å². The molecule has 0 fully saturated rings. The molecule has 25 heavy (non-hydrogen) atoms. The topological polar surface area (TPSA) is 80.5 Å². The van der Waals surface area contributed by atoms with E-state index in [2.05, 4.69) is 20.6 Å². The second-order valence-corrected chi connectivity index (χ2v) is 5.47. The number of hydrogen-bond acceptors (Lipinski definition) is 5. The van der Waals surface area contributed by atoms with Gasteiger partial charge in [0.15, 0.2) is 5.65 Å². The minimum Gasteiger partial charge on any atom is -0.497 e. The van der Waals surface area contributed by atoms with Crippen LogP contribution in [0.1, 0.15) is 13.3 Å². The highest BCUT2D eigenvalue weighted by Gasteiger charge is 2.14. The van der Waals surface area contributed by atoms with Crippen molar-refractivity contribution in [3.8, 4) is 17.0 Å². The second kappa shape index (κ2) is 7.65. The molecule has 3 aromatic rings. The van der Waals surface area contributed by atoms with Gasteiger partial charge in [-0.1, -0.05) is 0 Å². The Morgan fingerprint density at radius 1 is 1.28 bits per heavy atom. The number of anilines is 1. The predicted octanol–water partition coefficient (Wildman–Crippen LogP) is 2.34. The Kier molecular flexibility index (Phi) is 5.13. The van der Waals surface area contributed by atoms with E-state index in [4.69, 9.17) is 4.74 Å². The standard InChI is InChI=1S/C18H21N5O2/c1-3-20-16(24)8-9-21-18-17(13-4-6-14(25-2)7-5-13)22-15-12-19-10-11-23(15)18/h4-7,10-12,21H,3,8-9H2,1-2H3,(H,20,24). The fraction of sp³-hybridized carbons (Fsp3) is 0.278. The number of rotatable bonds is 7. The van der Waals surface area contributed by atoms with Crippen molar-refractivity contribution in [1.29, 1.82) is 0 Å². The first-order chi connectivity index (χ1) is 12.2. The Labute approximate surface area is 146 Å². The molecule has 130 valence electrons. The van der Waals surface area contributed by atoms with Crippen molar-refractivity contribution < 1.29 is 9.53 Å². The third-order valence-electron chi connectivity index (χ3n) is 3.81. The Morgan fingerprint density at radius 2 is 2.08 bits per heavy atom. The molecule has 1 amide bonds. The summed E-state index contributed by atoms with van der Waals surface area (Å²) in [6.45, 7) is 3.06. The minimum absolute atomic E-state index is 0.0245. The SMILES string of the molecule is CCNC(=O)CCNc1c(-c2ccc(OC)cc2)nc2cnccn12. The van der Waals surface area contributed by atoms with E-state index in [9.17, 15) is 4.79 Å². The van der Waals surface area contributed by atoms with Crippen LogP contribution < -0.4 is 15.4 Å².